The number of benzene rings is 1. The quantitative estimate of drug-likeness (QED) is 0.826. The molecular weight excluding hydrogens is 301 g/mol. The number of hydrogen-bond acceptors (Lipinski definition) is 3. The minimum absolute atomic E-state index is 0.284. The molecule has 0 spiro atoms. The highest BCUT2D eigenvalue weighted by Crippen LogP contribution is 2.24. The SMILES string of the molecule is O=C(NCCCc1cnoc1)Nc1ccc(Cl)c(Cl)c1. The Bertz CT molecular complexity index is 573. The van der Waals surface area contributed by atoms with Crippen LogP contribution in [0, 0.1) is 0 Å². The first kappa shape index (κ1) is 14.7. The summed E-state index contributed by atoms with van der Waals surface area (Å²) in [6, 6.07) is 4.63. The molecule has 20 heavy (non-hydrogen) atoms. The van der Waals surface area contributed by atoms with Gasteiger partial charge in [-0.1, -0.05) is 28.4 Å². The van der Waals surface area contributed by atoms with Crippen LogP contribution < -0.4 is 10.6 Å². The molecule has 2 aromatic rings. The van der Waals surface area contributed by atoms with Crippen molar-refractivity contribution >= 4 is 34.9 Å². The summed E-state index contributed by atoms with van der Waals surface area (Å²) in [6.45, 7) is 0.554. The summed E-state index contributed by atoms with van der Waals surface area (Å²) in [6.07, 6.45) is 4.86. The van der Waals surface area contributed by atoms with Crippen LogP contribution in [0.25, 0.3) is 0 Å². The van der Waals surface area contributed by atoms with Crippen molar-refractivity contribution in [1.82, 2.24) is 10.5 Å². The van der Waals surface area contributed by atoms with E-state index in [0.29, 0.717) is 22.3 Å². The third-order valence-electron chi connectivity index (χ3n) is 2.59. The van der Waals surface area contributed by atoms with E-state index in [-0.39, 0.29) is 6.03 Å². The topological polar surface area (TPSA) is 67.2 Å². The van der Waals surface area contributed by atoms with Gasteiger partial charge in [0.15, 0.2) is 0 Å². The molecule has 0 radical (unpaired) electrons. The van der Waals surface area contributed by atoms with Gasteiger partial charge in [-0.25, -0.2) is 4.79 Å². The van der Waals surface area contributed by atoms with Gasteiger partial charge < -0.3 is 15.2 Å². The number of nitrogens with one attached hydrogen (secondary N) is 2. The molecule has 0 aliphatic carbocycles. The summed E-state index contributed by atoms with van der Waals surface area (Å²) in [5, 5.41) is 9.89. The Labute approximate surface area is 126 Å². The first-order chi connectivity index (χ1) is 9.65. The maximum atomic E-state index is 11.6. The van der Waals surface area contributed by atoms with Crippen molar-refractivity contribution in [3.8, 4) is 0 Å². The van der Waals surface area contributed by atoms with Crippen molar-refractivity contribution in [1.29, 1.82) is 0 Å². The maximum Gasteiger partial charge on any atom is 0.319 e. The smallest absolute Gasteiger partial charge is 0.319 e. The van der Waals surface area contributed by atoms with Gasteiger partial charge in [-0.2, -0.15) is 0 Å². The zero-order valence-electron chi connectivity index (χ0n) is 10.5. The average Bonchev–Trinajstić information content (AvgIpc) is 2.92. The van der Waals surface area contributed by atoms with Crippen LogP contribution in [0.4, 0.5) is 10.5 Å². The van der Waals surface area contributed by atoms with E-state index in [1.54, 1.807) is 30.7 Å². The molecule has 0 saturated heterocycles. The summed E-state index contributed by atoms with van der Waals surface area (Å²) in [4.78, 5) is 11.6. The molecule has 0 fully saturated rings. The number of rotatable bonds is 5. The molecule has 2 amide bonds. The van der Waals surface area contributed by atoms with Crippen molar-refractivity contribution in [2.45, 2.75) is 12.8 Å². The van der Waals surface area contributed by atoms with Crippen LogP contribution in [0.2, 0.25) is 10.0 Å². The van der Waals surface area contributed by atoms with E-state index in [4.69, 9.17) is 27.7 Å². The Kier molecular flexibility index (Phi) is 5.26. The molecule has 1 aromatic carbocycles. The lowest BCUT2D eigenvalue weighted by molar-refractivity contribution is 0.252. The van der Waals surface area contributed by atoms with Crippen LogP contribution in [-0.2, 0) is 6.42 Å². The van der Waals surface area contributed by atoms with E-state index in [1.165, 1.54) is 0 Å². The second-order valence-corrected chi connectivity index (χ2v) is 4.96. The molecule has 1 aromatic heterocycles. The average molecular weight is 314 g/mol. The van der Waals surface area contributed by atoms with Crippen LogP contribution in [0.3, 0.4) is 0 Å². The van der Waals surface area contributed by atoms with E-state index in [9.17, 15) is 4.79 Å². The minimum Gasteiger partial charge on any atom is -0.364 e. The molecule has 7 heteroatoms. The van der Waals surface area contributed by atoms with E-state index >= 15 is 0 Å². The van der Waals surface area contributed by atoms with Gasteiger partial charge in [0.05, 0.1) is 16.2 Å². The fraction of sp³-hybridized carbons (Fsp3) is 0.231. The Balaban J connectivity index is 1.71. The fourth-order valence-electron chi connectivity index (χ4n) is 1.59. The molecule has 0 atom stereocenters. The van der Waals surface area contributed by atoms with Crippen LogP contribution in [0.1, 0.15) is 12.0 Å². The zero-order valence-corrected chi connectivity index (χ0v) is 12.0. The lowest BCUT2D eigenvalue weighted by Crippen LogP contribution is -2.29. The number of anilines is 1. The lowest BCUT2D eigenvalue weighted by Gasteiger charge is -2.08. The van der Waals surface area contributed by atoms with Crippen molar-refractivity contribution < 1.29 is 9.32 Å². The largest absolute Gasteiger partial charge is 0.364 e. The van der Waals surface area contributed by atoms with Gasteiger partial charge in [0, 0.05) is 17.8 Å². The molecule has 106 valence electrons. The van der Waals surface area contributed by atoms with Crippen molar-refractivity contribution in [3.63, 3.8) is 0 Å². The van der Waals surface area contributed by atoms with Gasteiger partial charge >= 0.3 is 6.03 Å². The Morgan fingerprint density at radius 3 is 2.85 bits per heavy atom. The van der Waals surface area contributed by atoms with Crippen LogP contribution in [0.15, 0.2) is 35.2 Å². The molecule has 0 aliphatic rings. The van der Waals surface area contributed by atoms with Crippen molar-refractivity contribution in [2.24, 2.45) is 0 Å². The molecule has 0 saturated carbocycles. The summed E-state index contributed by atoms with van der Waals surface area (Å²) in [5.74, 6) is 0. The van der Waals surface area contributed by atoms with E-state index in [1.807, 2.05) is 0 Å². The first-order valence-corrected chi connectivity index (χ1v) is 6.79. The molecule has 0 aliphatic heterocycles. The highest BCUT2D eigenvalue weighted by atomic mass is 35.5. The minimum atomic E-state index is -0.284. The number of aromatic nitrogens is 1. The predicted octanol–water partition coefficient (Wildman–Crippen LogP) is 3.74. The standard InChI is InChI=1S/C13H13Cl2N3O2/c14-11-4-3-10(6-12(11)15)18-13(19)16-5-1-2-9-7-17-20-8-9/h3-4,6-8H,1-2,5H2,(H2,16,18,19). The Morgan fingerprint density at radius 2 is 2.15 bits per heavy atom. The van der Waals surface area contributed by atoms with Gasteiger partial charge in [0.1, 0.15) is 6.26 Å². The second-order valence-electron chi connectivity index (χ2n) is 4.15. The van der Waals surface area contributed by atoms with Gasteiger partial charge in [-0.05, 0) is 31.0 Å². The lowest BCUT2D eigenvalue weighted by atomic mass is 10.2. The zero-order chi connectivity index (χ0) is 14.4. The van der Waals surface area contributed by atoms with Crippen molar-refractivity contribution in [3.05, 3.63) is 46.3 Å². The third-order valence-corrected chi connectivity index (χ3v) is 3.33. The number of nitrogens with zero attached hydrogens (tertiary/aromatic N) is 1. The summed E-state index contributed by atoms with van der Waals surface area (Å²) in [7, 11) is 0. The maximum absolute atomic E-state index is 11.6. The summed E-state index contributed by atoms with van der Waals surface area (Å²) in [5.41, 5.74) is 1.60. The number of urea groups is 1. The van der Waals surface area contributed by atoms with Gasteiger partial charge in [-0.3, -0.25) is 0 Å². The number of halogens is 2. The number of amides is 2. The van der Waals surface area contributed by atoms with Crippen LogP contribution in [-0.4, -0.2) is 17.7 Å². The van der Waals surface area contributed by atoms with Gasteiger partial charge in [0.25, 0.3) is 0 Å². The molecule has 0 bridgehead atoms. The predicted molar refractivity (Wildman–Crippen MR) is 78.3 cm³/mol. The summed E-state index contributed by atoms with van der Waals surface area (Å²) >= 11 is 11.7. The Hall–Kier alpha value is -1.72. The third kappa shape index (κ3) is 4.43. The highest BCUT2D eigenvalue weighted by molar-refractivity contribution is 6.42. The molecule has 0 unspecified atom stereocenters. The summed E-state index contributed by atoms with van der Waals surface area (Å²) < 4.78 is 4.72. The molecule has 1 heterocycles. The normalized spacial score (nSPS) is 10.3. The number of carbonyl (C=O) groups excluding carboxylic acids is 1. The molecule has 2 rings (SSSR count). The monoisotopic (exact) mass is 313 g/mol. The number of aryl methyl sites for hydroxylation is 1. The number of carbonyl (C=O) groups is 1. The second kappa shape index (κ2) is 7.17. The first-order valence-electron chi connectivity index (χ1n) is 6.03. The van der Waals surface area contributed by atoms with Gasteiger partial charge in [-0.15, -0.1) is 0 Å². The van der Waals surface area contributed by atoms with Gasteiger partial charge in [0.2, 0.25) is 0 Å². The Morgan fingerprint density at radius 1 is 1.30 bits per heavy atom. The molecule has 2 N–H and O–H groups in total. The van der Waals surface area contributed by atoms with Crippen molar-refractivity contribution in [2.75, 3.05) is 11.9 Å². The van der Waals surface area contributed by atoms with E-state index in [2.05, 4.69) is 15.8 Å². The fourth-order valence-corrected chi connectivity index (χ4v) is 1.89. The molecular formula is C13H13Cl2N3O2. The van der Waals surface area contributed by atoms with E-state index in [0.717, 1.165) is 18.4 Å². The molecule has 5 nitrogen and oxygen atoms in total. The number of hydrogen-bond donors (Lipinski definition) is 2. The highest BCUT2D eigenvalue weighted by Gasteiger charge is 2.04. The van der Waals surface area contributed by atoms with Crippen LogP contribution in [0.5, 0.6) is 0 Å². The van der Waals surface area contributed by atoms with E-state index < -0.39 is 0 Å². The van der Waals surface area contributed by atoms with Crippen LogP contribution >= 0.6 is 23.2 Å².